The number of halogens is 1. The molecule has 1 aliphatic rings. The first-order chi connectivity index (χ1) is 9.66. The van der Waals surface area contributed by atoms with E-state index in [1.807, 2.05) is 24.3 Å². The Balaban J connectivity index is 1.79. The zero-order valence-corrected chi connectivity index (χ0v) is 12.7. The molecule has 1 aliphatic carbocycles. The van der Waals surface area contributed by atoms with Gasteiger partial charge in [0.1, 0.15) is 0 Å². The van der Waals surface area contributed by atoms with Crippen LogP contribution in [0.4, 0.5) is 5.69 Å². The van der Waals surface area contributed by atoms with Crippen molar-refractivity contribution in [1.82, 2.24) is 5.32 Å². The van der Waals surface area contributed by atoms with Gasteiger partial charge < -0.3 is 10.6 Å². The van der Waals surface area contributed by atoms with Crippen LogP contribution in [0.2, 0.25) is 0 Å². The van der Waals surface area contributed by atoms with Crippen molar-refractivity contribution >= 4 is 33.4 Å². The van der Waals surface area contributed by atoms with Crippen LogP contribution in [0.15, 0.2) is 40.9 Å². The monoisotopic (exact) mass is 336 g/mol. The summed E-state index contributed by atoms with van der Waals surface area (Å²) in [6.45, 7) is 0.000379. The molecule has 1 atom stereocenters. The summed E-state index contributed by atoms with van der Waals surface area (Å²) in [5.74, 6) is -0.274. The van der Waals surface area contributed by atoms with Gasteiger partial charge in [-0.1, -0.05) is 24.3 Å². The highest BCUT2D eigenvalue weighted by Gasteiger charge is 2.19. The van der Waals surface area contributed by atoms with E-state index in [0.29, 0.717) is 5.69 Å². The van der Waals surface area contributed by atoms with E-state index < -0.39 is 0 Å². The van der Waals surface area contributed by atoms with Crippen LogP contribution in [0.3, 0.4) is 0 Å². The summed E-state index contributed by atoms with van der Waals surface area (Å²) in [6, 6.07) is 7.36. The van der Waals surface area contributed by atoms with Gasteiger partial charge in [-0.2, -0.15) is 0 Å². The first kappa shape index (κ1) is 14.8. The lowest BCUT2D eigenvalue weighted by Crippen LogP contribution is -2.37. The van der Waals surface area contributed by atoms with Crippen LogP contribution in [0.5, 0.6) is 0 Å². The number of allylic oxidation sites excluding steroid dienone is 2. The van der Waals surface area contributed by atoms with Crippen LogP contribution in [0.25, 0.3) is 0 Å². The predicted molar refractivity (Wildman–Crippen MR) is 82.3 cm³/mol. The van der Waals surface area contributed by atoms with E-state index in [4.69, 9.17) is 0 Å². The summed E-state index contributed by atoms with van der Waals surface area (Å²) in [5, 5.41) is 5.45. The van der Waals surface area contributed by atoms with Crippen LogP contribution in [-0.4, -0.2) is 18.4 Å². The lowest BCUT2D eigenvalue weighted by atomic mass is 9.94. The molecule has 4 nitrogen and oxygen atoms in total. The number of nitrogens with one attached hydrogen (secondary N) is 2. The molecule has 2 rings (SSSR count). The number of para-hydroxylation sites is 1. The van der Waals surface area contributed by atoms with Crippen molar-refractivity contribution in [1.29, 1.82) is 0 Å². The fourth-order valence-corrected chi connectivity index (χ4v) is 2.48. The van der Waals surface area contributed by atoms with Gasteiger partial charge in [-0.3, -0.25) is 9.59 Å². The maximum Gasteiger partial charge on any atom is 0.243 e. The van der Waals surface area contributed by atoms with Crippen molar-refractivity contribution in [2.75, 3.05) is 11.9 Å². The summed E-state index contributed by atoms with van der Waals surface area (Å²) in [7, 11) is 0. The zero-order chi connectivity index (χ0) is 14.4. The van der Waals surface area contributed by atoms with Crippen molar-refractivity contribution in [3.05, 3.63) is 40.9 Å². The van der Waals surface area contributed by atoms with Crippen molar-refractivity contribution in [2.24, 2.45) is 5.92 Å². The van der Waals surface area contributed by atoms with Gasteiger partial charge in [0.25, 0.3) is 0 Å². The molecule has 1 aromatic carbocycles. The molecule has 0 aliphatic heterocycles. The number of rotatable bonds is 4. The average Bonchev–Trinajstić information content (AvgIpc) is 2.48. The minimum atomic E-state index is -0.225. The summed E-state index contributed by atoms with van der Waals surface area (Å²) < 4.78 is 0.817. The maximum absolute atomic E-state index is 11.9. The Morgan fingerprint density at radius 3 is 2.75 bits per heavy atom. The van der Waals surface area contributed by atoms with Gasteiger partial charge >= 0.3 is 0 Å². The number of carbonyl (C=O) groups excluding carboxylic acids is 2. The molecule has 2 N–H and O–H groups in total. The van der Waals surface area contributed by atoms with E-state index in [1.54, 1.807) is 6.07 Å². The van der Waals surface area contributed by atoms with Gasteiger partial charge in [-0.15, -0.1) is 0 Å². The normalized spacial score (nSPS) is 17.6. The quantitative estimate of drug-likeness (QED) is 0.830. The Bertz CT molecular complexity index is 528. The first-order valence-electron chi connectivity index (χ1n) is 6.64. The number of carbonyl (C=O) groups is 2. The number of amides is 2. The Labute approximate surface area is 126 Å². The molecule has 0 fully saturated rings. The zero-order valence-electron chi connectivity index (χ0n) is 11.1. The molecular formula is C15H17BrN2O2. The fourth-order valence-electron chi connectivity index (χ4n) is 2.10. The highest BCUT2D eigenvalue weighted by Crippen LogP contribution is 2.21. The molecule has 20 heavy (non-hydrogen) atoms. The topological polar surface area (TPSA) is 58.2 Å². The summed E-state index contributed by atoms with van der Waals surface area (Å²) >= 11 is 3.36. The largest absolute Gasteiger partial charge is 0.347 e. The lowest BCUT2D eigenvalue weighted by molar-refractivity contribution is -0.127. The van der Waals surface area contributed by atoms with Crippen LogP contribution < -0.4 is 10.6 Å². The van der Waals surface area contributed by atoms with Gasteiger partial charge in [-0.05, 0) is 47.3 Å². The third-order valence-electron chi connectivity index (χ3n) is 3.21. The molecule has 0 bridgehead atoms. The Morgan fingerprint density at radius 2 is 2.05 bits per heavy atom. The minimum absolute atomic E-state index is 0.000379. The fraction of sp³-hybridized carbons (Fsp3) is 0.333. The molecule has 0 saturated heterocycles. The van der Waals surface area contributed by atoms with E-state index in [0.717, 1.165) is 23.7 Å². The molecule has 0 spiro atoms. The second-order valence-corrected chi connectivity index (χ2v) is 5.58. The van der Waals surface area contributed by atoms with E-state index >= 15 is 0 Å². The van der Waals surface area contributed by atoms with Gasteiger partial charge in [-0.25, -0.2) is 0 Å². The van der Waals surface area contributed by atoms with Gasteiger partial charge in [0, 0.05) is 10.4 Å². The lowest BCUT2D eigenvalue weighted by Gasteiger charge is -2.17. The van der Waals surface area contributed by atoms with Crippen molar-refractivity contribution in [3.63, 3.8) is 0 Å². The average molecular weight is 337 g/mol. The van der Waals surface area contributed by atoms with E-state index in [1.165, 1.54) is 0 Å². The molecule has 1 aromatic rings. The van der Waals surface area contributed by atoms with Crippen LogP contribution in [0.1, 0.15) is 19.3 Å². The van der Waals surface area contributed by atoms with Crippen LogP contribution >= 0.6 is 15.9 Å². The molecule has 0 unspecified atom stereocenters. The Kier molecular flexibility index (Phi) is 5.35. The molecule has 5 heteroatoms. The molecule has 0 heterocycles. The van der Waals surface area contributed by atoms with Gasteiger partial charge in [0.05, 0.1) is 12.2 Å². The van der Waals surface area contributed by atoms with Crippen LogP contribution in [-0.2, 0) is 9.59 Å². The number of anilines is 1. The van der Waals surface area contributed by atoms with Gasteiger partial charge in [0.2, 0.25) is 11.8 Å². The first-order valence-corrected chi connectivity index (χ1v) is 7.43. The van der Waals surface area contributed by atoms with E-state index in [9.17, 15) is 9.59 Å². The number of hydrogen-bond donors (Lipinski definition) is 2. The van der Waals surface area contributed by atoms with E-state index in [-0.39, 0.29) is 24.3 Å². The molecular weight excluding hydrogens is 320 g/mol. The van der Waals surface area contributed by atoms with Crippen LogP contribution in [0, 0.1) is 5.92 Å². The second kappa shape index (κ2) is 7.24. The molecule has 2 amide bonds. The van der Waals surface area contributed by atoms with E-state index in [2.05, 4.69) is 32.6 Å². The molecule has 106 valence electrons. The standard InChI is InChI=1S/C15H17BrN2O2/c16-12-8-4-5-9-13(12)18-14(19)10-17-15(20)11-6-2-1-3-7-11/h1-2,4-5,8-9,11H,3,6-7,10H2,(H,17,20)(H,18,19)/t11-/m0/s1. The van der Waals surface area contributed by atoms with Gasteiger partial charge in [0.15, 0.2) is 0 Å². The van der Waals surface area contributed by atoms with Crippen molar-refractivity contribution < 1.29 is 9.59 Å². The third-order valence-corrected chi connectivity index (χ3v) is 3.90. The van der Waals surface area contributed by atoms with Crippen molar-refractivity contribution in [3.8, 4) is 0 Å². The SMILES string of the molecule is O=C(CNC(=O)[C@H]1CC=CCC1)Nc1ccccc1Br. The maximum atomic E-state index is 11.9. The third kappa shape index (κ3) is 4.20. The Morgan fingerprint density at radius 1 is 1.25 bits per heavy atom. The predicted octanol–water partition coefficient (Wildman–Crippen LogP) is 2.86. The summed E-state index contributed by atoms with van der Waals surface area (Å²) in [6.07, 6.45) is 6.66. The number of hydrogen-bond acceptors (Lipinski definition) is 2. The molecule has 0 aromatic heterocycles. The second-order valence-electron chi connectivity index (χ2n) is 4.73. The number of benzene rings is 1. The summed E-state index contributed by atoms with van der Waals surface area (Å²) in [4.78, 5) is 23.7. The highest BCUT2D eigenvalue weighted by molar-refractivity contribution is 9.10. The smallest absolute Gasteiger partial charge is 0.243 e. The van der Waals surface area contributed by atoms with Crippen molar-refractivity contribution in [2.45, 2.75) is 19.3 Å². The highest BCUT2D eigenvalue weighted by atomic mass is 79.9. The Hall–Kier alpha value is -1.62. The minimum Gasteiger partial charge on any atom is -0.347 e. The molecule has 0 saturated carbocycles. The molecule has 0 radical (unpaired) electrons. The summed E-state index contributed by atoms with van der Waals surface area (Å²) in [5.41, 5.74) is 0.701.